The summed E-state index contributed by atoms with van der Waals surface area (Å²) in [5.74, 6) is -0.878. The van der Waals surface area contributed by atoms with Gasteiger partial charge < -0.3 is 15.4 Å². The number of hydrogen-bond donors (Lipinski definition) is 2. The SMILES string of the molecule is COC(=O)c1ccc(NCC(=O)Nc2ccccc2C(=O)c2ccccc2)cc1. The van der Waals surface area contributed by atoms with Gasteiger partial charge >= 0.3 is 5.97 Å². The normalized spacial score (nSPS) is 10.1. The van der Waals surface area contributed by atoms with Crippen molar-refractivity contribution in [3.05, 3.63) is 95.6 Å². The molecular formula is C23H20N2O4. The Morgan fingerprint density at radius 3 is 2.14 bits per heavy atom. The largest absolute Gasteiger partial charge is 0.465 e. The molecule has 0 atom stereocenters. The maximum absolute atomic E-state index is 12.7. The van der Waals surface area contributed by atoms with Gasteiger partial charge in [-0.2, -0.15) is 0 Å². The zero-order valence-corrected chi connectivity index (χ0v) is 15.8. The highest BCUT2D eigenvalue weighted by Crippen LogP contribution is 2.19. The quantitative estimate of drug-likeness (QED) is 0.476. The molecule has 0 fully saturated rings. The van der Waals surface area contributed by atoms with Gasteiger partial charge in [0.25, 0.3) is 0 Å². The summed E-state index contributed by atoms with van der Waals surface area (Å²) >= 11 is 0. The molecule has 0 spiro atoms. The van der Waals surface area contributed by atoms with E-state index in [9.17, 15) is 14.4 Å². The Morgan fingerprint density at radius 1 is 0.793 bits per heavy atom. The van der Waals surface area contributed by atoms with Crippen LogP contribution in [0.5, 0.6) is 0 Å². The van der Waals surface area contributed by atoms with Gasteiger partial charge in [0.15, 0.2) is 5.78 Å². The van der Waals surface area contributed by atoms with Crippen LogP contribution in [0.4, 0.5) is 11.4 Å². The van der Waals surface area contributed by atoms with Gasteiger partial charge in [0, 0.05) is 16.8 Å². The van der Waals surface area contributed by atoms with Crippen molar-refractivity contribution in [1.29, 1.82) is 0 Å². The van der Waals surface area contributed by atoms with Crippen molar-refractivity contribution in [2.24, 2.45) is 0 Å². The molecule has 1 amide bonds. The van der Waals surface area contributed by atoms with E-state index in [0.717, 1.165) is 0 Å². The zero-order valence-electron chi connectivity index (χ0n) is 15.8. The first-order valence-electron chi connectivity index (χ1n) is 8.99. The minimum Gasteiger partial charge on any atom is -0.465 e. The molecule has 0 heterocycles. The third-order valence-corrected chi connectivity index (χ3v) is 4.24. The summed E-state index contributed by atoms with van der Waals surface area (Å²) in [6.07, 6.45) is 0. The van der Waals surface area contributed by atoms with Crippen molar-refractivity contribution in [3.63, 3.8) is 0 Å². The highest BCUT2D eigenvalue weighted by atomic mass is 16.5. The minimum atomic E-state index is -0.422. The predicted molar refractivity (Wildman–Crippen MR) is 111 cm³/mol. The Labute approximate surface area is 168 Å². The summed E-state index contributed by atoms with van der Waals surface area (Å²) in [5.41, 5.74) is 2.54. The zero-order chi connectivity index (χ0) is 20.6. The fourth-order valence-electron chi connectivity index (χ4n) is 2.75. The third kappa shape index (κ3) is 5.07. The number of hydrogen-bond acceptors (Lipinski definition) is 5. The highest BCUT2D eigenvalue weighted by molar-refractivity contribution is 6.14. The van der Waals surface area contributed by atoms with E-state index in [2.05, 4.69) is 15.4 Å². The molecule has 0 aromatic heterocycles. The van der Waals surface area contributed by atoms with Gasteiger partial charge in [0.05, 0.1) is 24.9 Å². The molecule has 0 aliphatic carbocycles. The molecule has 0 saturated carbocycles. The number of ether oxygens (including phenoxy) is 1. The number of carbonyl (C=O) groups excluding carboxylic acids is 3. The van der Waals surface area contributed by atoms with Crippen LogP contribution in [0.3, 0.4) is 0 Å². The molecule has 3 aromatic carbocycles. The second kappa shape index (κ2) is 9.32. The van der Waals surface area contributed by atoms with Crippen molar-refractivity contribution in [3.8, 4) is 0 Å². The smallest absolute Gasteiger partial charge is 0.337 e. The average molecular weight is 388 g/mol. The molecule has 146 valence electrons. The maximum atomic E-state index is 12.7. The third-order valence-electron chi connectivity index (χ3n) is 4.24. The van der Waals surface area contributed by atoms with Crippen LogP contribution in [0.1, 0.15) is 26.3 Å². The predicted octanol–water partition coefficient (Wildman–Crippen LogP) is 3.75. The number of esters is 1. The molecule has 0 radical (unpaired) electrons. The van der Waals surface area contributed by atoms with Crippen LogP contribution in [0.2, 0.25) is 0 Å². The number of methoxy groups -OCH3 is 1. The van der Waals surface area contributed by atoms with Gasteiger partial charge in [0.2, 0.25) is 5.91 Å². The monoisotopic (exact) mass is 388 g/mol. The molecule has 3 aromatic rings. The van der Waals surface area contributed by atoms with Crippen LogP contribution in [0.25, 0.3) is 0 Å². The van der Waals surface area contributed by atoms with E-state index >= 15 is 0 Å². The Bertz CT molecular complexity index is 1010. The molecule has 2 N–H and O–H groups in total. The molecule has 0 bridgehead atoms. The van der Waals surface area contributed by atoms with Gasteiger partial charge in [-0.1, -0.05) is 42.5 Å². The Hall–Kier alpha value is -3.93. The lowest BCUT2D eigenvalue weighted by atomic mass is 10.0. The number of amides is 1. The summed E-state index contributed by atoms with van der Waals surface area (Å²) in [4.78, 5) is 36.5. The van der Waals surface area contributed by atoms with E-state index in [0.29, 0.717) is 28.1 Å². The number of benzene rings is 3. The van der Waals surface area contributed by atoms with E-state index in [1.165, 1.54) is 7.11 Å². The lowest BCUT2D eigenvalue weighted by molar-refractivity contribution is -0.114. The first-order valence-corrected chi connectivity index (χ1v) is 8.99. The van der Waals surface area contributed by atoms with Gasteiger partial charge in [-0.05, 0) is 36.4 Å². The number of carbonyl (C=O) groups is 3. The van der Waals surface area contributed by atoms with Crippen LogP contribution in [0, 0.1) is 0 Å². The number of ketones is 1. The van der Waals surface area contributed by atoms with Crippen molar-refractivity contribution in [1.82, 2.24) is 0 Å². The molecule has 0 unspecified atom stereocenters. The van der Waals surface area contributed by atoms with Crippen molar-refractivity contribution in [2.45, 2.75) is 0 Å². The van der Waals surface area contributed by atoms with Gasteiger partial charge in [-0.3, -0.25) is 9.59 Å². The fraction of sp³-hybridized carbons (Fsp3) is 0.0870. The highest BCUT2D eigenvalue weighted by Gasteiger charge is 2.14. The van der Waals surface area contributed by atoms with Crippen LogP contribution >= 0.6 is 0 Å². The van der Waals surface area contributed by atoms with Gasteiger partial charge in [-0.25, -0.2) is 4.79 Å². The molecule has 29 heavy (non-hydrogen) atoms. The molecule has 6 nitrogen and oxygen atoms in total. The molecule has 0 saturated heterocycles. The molecule has 0 aliphatic rings. The summed E-state index contributed by atoms with van der Waals surface area (Å²) < 4.78 is 4.65. The number of nitrogens with one attached hydrogen (secondary N) is 2. The Morgan fingerprint density at radius 2 is 1.45 bits per heavy atom. The summed E-state index contributed by atoms with van der Waals surface area (Å²) in [5, 5.41) is 5.75. The Balaban J connectivity index is 1.64. The summed E-state index contributed by atoms with van der Waals surface area (Å²) in [6, 6.07) is 22.4. The maximum Gasteiger partial charge on any atom is 0.337 e. The minimum absolute atomic E-state index is 0.00539. The topological polar surface area (TPSA) is 84.5 Å². The second-order valence-electron chi connectivity index (χ2n) is 6.21. The van der Waals surface area contributed by atoms with Crippen LogP contribution in [-0.2, 0) is 9.53 Å². The molecule has 3 rings (SSSR count). The van der Waals surface area contributed by atoms with E-state index in [4.69, 9.17) is 0 Å². The summed E-state index contributed by atoms with van der Waals surface area (Å²) in [7, 11) is 1.32. The lowest BCUT2D eigenvalue weighted by Crippen LogP contribution is -2.23. The van der Waals surface area contributed by atoms with Crippen LogP contribution in [0.15, 0.2) is 78.9 Å². The molecular weight excluding hydrogens is 368 g/mol. The van der Waals surface area contributed by atoms with Crippen molar-refractivity contribution < 1.29 is 19.1 Å². The van der Waals surface area contributed by atoms with Crippen molar-refractivity contribution >= 4 is 29.0 Å². The molecule has 0 aliphatic heterocycles. The second-order valence-corrected chi connectivity index (χ2v) is 6.21. The van der Waals surface area contributed by atoms with Crippen LogP contribution in [-0.4, -0.2) is 31.3 Å². The number of rotatable bonds is 7. The molecule has 6 heteroatoms. The standard InChI is InChI=1S/C23H20N2O4/c1-29-23(28)17-11-13-18(14-12-17)24-15-21(26)25-20-10-6-5-9-19(20)22(27)16-7-3-2-4-8-16/h2-14,24H,15H2,1H3,(H,25,26). The number of anilines is 2. The first kappa shape index (κ1) is 19.8. The van der Waals surface area contributed by atoms with Crippen molar-refractivity contribution in [2.75, 3.05) is 24.3 Å². The van der Waals surface area contributed by atoms with E-state index in [1.54, 1.807) is 72.8 Å². The van der Waals surface area contributed by atoms with Crippen LogP contribution < -0.4 is 10.6 Å². The number of para-hydroxylation sites is 1. The van der Waals surface area contributed by atoms with Gasteiger partial charge in [-0.15, -0.1) is 0 Å². The van der Waals surface area contributed by atoms with E-state index in [1.807, 2.05) is 6.07 Å². The Kier molecular flexibility index (Phi) is 6.37. The summed E-state index contributed by atoms with van der Waals surface area (Å²) in [6.45, 7) is 0.00539. The van der Waals surface area contributed by atoms with E-state index in [-0.39, 0.29) is 18.2 Å². The average Bonchev–Trinajstić information content (AvgIpc) is 2.78. The van der Waals surface area contributed by atoms with Gasteiger partial charge in [0.1, 0.15) is 0 Å². The first-order chi connectivity index (χ1) is 14.1. The van der Waals surface area contributed by atoms with E-state index < -0.39 is 5.97 Å². The lowest BCUT2D eigenvalue weighted by Gasteiger charge is -2.12. The fourth-order valence-corrected chi connectivity index (χ4v) is 2.75.